The molecule has 118 valence electrons. The zero-order valence-corrected chi connectivity index (χ0v) is 13.4. The van der Waals surface area contributed by atoms with Crippen LogP contribution >= 0.6 is 0 Å². The van der Waals surface area contributed by atoms with Gasteiger partial charge in [-0.1, -0.05) is 26.0 Å². The van der Waals surface area contributed by atoms with Gasteiger partial charge < -0.3 is 10.1 Å². The number of hydrogen-bond donors (Lipinski definition) is 2. The van der Waals surface area contributed by atoms with E-state index in [1.807, 2.05) is 13.8 Å². The second-order valence-corrected chi connectivity index (χ2v) is 6.90. The van der Waals surface area contributed by atoms with Crippen molar-refractivity contribution in [2.75, 3.05) is 24.8 Å². The number of rotatable bonds is 8. The fourth-order valence-corrected chi connectivity index (χ4v) is 2.37. The molecule has 1 amide bonds. The predicted octanol–water partition coefficient (Wildman–Crippen LogP) is 1.35. The number of benzene rings is 1. The van der Waals surface area contributed by atoms with Crippen molar-refractivity contribution >= 4 is 21.6 Å². The SMILES string of the molecule is COCCS(=O)(=O)NCc1ccc(NC(=O)C(C)C)cc1. The van der Waals surface area contributed by atoms with Crippen LogP contribution in [0, 0.1) is 5.92 Å². The summed E-state index contributed by atoms with van der Waals surface area (Å²) >= 11 is 0. The minimum Gasteiger partial charge on any atom is -0.384 e. The summed E-state index contributed by atoms with van der Waals surface area (Å²) in [6, 6.07) is 7.04. The molecule has 21 heavy (non-hydrogen) atoms. The lowest BCUT2D eigenvalue weighted by molar-refractivity contribution is -0.118. The van der Waals surface area contributed by atoms with Crippen LogP contribution in [0.4, 0.5) is 5.69 Å². The Morgan fingerprint density at radius 3 is 2.38 bits per heavy atom. The first-order valence-corrected chi connectivity index (χ1v) is 8.35. The summed E-state index contributed by atoms with van der Waals surface area (Å²) in [6.45, 7) is 4.01. The minimum atomic E-state index is -3.33. The number of amides is 1. The van der Waals surface area contributed by atoms with Crippen LogP contribution in [0.3, 0.4) is 0 Å². The predicted molar refractivity (Wildman–Crippen MR) is 82.4 cm³/mol. The molecule has 2 N–H and O–H groups in total. The van der Waals surface area contributed by atoms with Crippen LogP contribution in [0.1, 0.15) is 19.4 Å². The van der Waals surface area contributed by atoms with Gasteiger partial charge in [0.2, 0.25) is 15.9 Å². The lowest BCUT2D eigenvalue weighted by Gasteiger charge is -2.09. The van der Waals surface area contributed by atoms with Crippen molar-refractivity contribution in [1.82, 2.24) is 4.72 Å². The standard InChI is InChI=1S/C14H22N2O4S/c1-11(2)14(17)16-13-6-4-12(5-7-13)10-15-21(18,19)9-8-20-3/h4-7,11,15H,8-10H2,1-3H3,(H,16,17). The van der Waals surface area contributed by atoms with Crippen molar-refractivity contribution in [2.45, 2.75) is 20.4 Å². The van der Waals surface area contributed by atoms with Crippen LogP contribution in [-0.4, -0.2) is 33.8 Å². The van der Waals surface area contributed by atoms with Crippen molar-refractivity contribution < 1.29 is 17.9 Å². The Kier molecular flexibility index (Phi) is 6.80. The van der Waals surface area contributed by atoms with Gasteiger partial charge >= 0.3 is 0 Å². The number of hydrogen-bond acceptors (Lipinski definition) is 4. The number of sulfonamides is 1. The molecule has 0 aliphatic heterocycles. The van der Waals surface area contributed by atoms with E-state index in [0.29, 0.717) is 5.69 Å². The Labute approximate surface area is 125 Å². The zero-order valence-electron chi connectivity index (χ0n) is 12.5. The Bertz CT molecular complexity index is 553. The van der Waals surface area contributed by atoms with Gasteiger partial charge in [0.1, 0.15) is 0 Å². The fourth-order valence-electron chi connectivity index (χ4n) is 1.45. The highest BCUT2D eigenvalue weighted by atomic mass is 32.2. The molecule has 1 rings (SSSR count). The summed E-state index contributed by atoms with van der Waals surface area (Å²) in [4.78, 5) is 11.5. The molecular formula is C14H22N2O4S. The maximum atomic E-state index is 11.6. The Balaban J connectivity index is 2.53. The van der Waals surface area contributed by atoms with Crippen LogP contribution in [0.15, 0.2) is 24.3 Å². The molecule has 0 heterocycles. The third-order valence-corrected chi connectivity index (χ3v) is 4.09. The molecule has 1 aromatic carbocycles. The average molecular weight is 314 g/mol. The van der Waals surface area contributed by atoms with Gasteiger partial charge in [0.25, 0.3) is 0 Å². The van der Waals surface area contributed by atoms with Gasteiger partial charge in [0, 0.05) is 25.3 Å². The molecule has 0 radical (unpaired) electrons. The lowest BCUT2D eigenvalue weighted by atomic mass is 10.2. The summed E-state index contributed by atoms with van der Waals surface area (Å²) < 4.78 is 30.4. The summed E-state index contributed by atoms with van der Waals surface area (Å²) in [5, 5.41) is 2.77. The van der Waals surface area contributed by atoms with Crippen molar-refractivity contribution in [3.8, 4) is 0 Å². The first-order valence-electron chi connectivity index (χ1n) is 6.70. The average Bonchev–Trinajstić information content (AvgIpc) is 2.44. The first kappa shape index (κ1) is 17.6. The number of carbonyl (C=O) groups excluding carboxylic acids is 1. The third-order valence-electron chi connectivity index (χ3n) is 2.80. The second-order valence-electron chi connectivity index (χ2n) is 4.97. The minimum absolute atomic E-state index is 0.0528. The third kappa shape index (κ3) is 6.70. The molecule has 0 saturated carbocycles. The van der Waals surface area contributed by atoms with Gasteiger partial charge in [-0.25, -0.2) is 13.1 Å². The van der Waals surface area contributed by atoms with Crippen LogP contribution < -0.4 is 10.0 Å². The zero-order chi connectivity index (χ0) is 15.9. The van der Waals surface area contributed by atoms with E-state index in [1.165, 1.54) is 7.11 Å². The summed E-state index contributed by atoms with van der Waals surface area (Å²) in [5.41, 5.74) is 1.51. The van der Waals surface area contributed by atoms with Gasteiger partial charge in [0.05, 0.1) is 12.4 Å². The summed E-state index contributed by atoms with van der Waals surface area (Å²) in [6.07, 6.45) is 0. The van der Waals surface area contributed by atoms with Crippen molar-refractivity contribution in [3.63, 3.8) is 0 Å². The van der Waals surface area contributed by atoms with Gasteiger partial charge in [-0.05, 0) is 17.7 Å². The highest BCUT2D eigenvalue weighted by molar-refractivity contribution is 7.89. The molecule has 0 aromatic heterocycles. The van der Waals surface area contributed by atoms with Crippen LogP contribution in [0.5, 0.6) is 0 Å². The number of ether oxygens (including phenoxy) is 1. The molecule has 0 atom stereocenters. The van der Waals surface area contributed by atoms with E-state index in [4.69, 9.17) is 4.74 Å². The number of nitrogens with one attached hydrogen (secondary N) is 2. The van der Waals surface area contributed by atoms with Gasteiger partial charge in [0.15, 0.2) is 0 Å². The van der Waals surface area contributed by atoms with Crippen LogP contribution in [0.2, 0.25) is 0 Å². The smallest absolute Gasteiger partial charge is 0.226 e. The molecular weight excluding hydrogens is 292 g/mol. The van der Waals surface area contributed by atoms with Crippen molar-refractivity contribution in [2.24, 2.45) is 5.92 Å². The molecule has 7 heteroatoms. The number of anilines is 1. The fraction of sp³-hybridized carbons (Fsp3) is 0.500. The number of methoxy groups -OCH3 is 1. The van der Waals surface area contributed by atoms with Gasteiger partial charge in [-0.3, -0.25) is 4.79 Å². The molecule has 1 aromatic rings. The first-order chi connectivity index (χ1) is 9.84. The molecule has 0 aliphatic rings. The Hall–Kier alpha value is -1.44. The van der Waals surface area contributed by atoms with E-state index in [2.05, 4.69) is 10.0 Å². The quantitative estimate of drug-likeness (QED) is 0.758. The van der Waals surface area contributed by atoms with Gasteiger partial charge in [-0.2, -0.15) is 0 Å². The molecule has 0 fully saturated rings. The van der Waals surface area contributed by atoms with E-state index in [9.17, 15) is 13.2 Å². The van der Waals surface area contributed by atoms with E-state index in [1.54, 1.807) is 24.3 Å². The van der Waals surface area contributed by atoms with E-state index in [0.717, 1.165) is 5.56 Å². The second kappa shape index (κ2) is 8.11. The molecule has 0 aliphatic carbocycles. The maximum Gasteiger partial charge on any atom is 0.226 e. The molecule has 0 spiro atoms. The maximum absolute atomic E-state index is 11.6. The molecule has 0 bridgehead atoms. The highest BCUT2D eigenvalue weighted by Gasteiger charge is 2.10. The van der Waals surface area contributed by atoms with Crippen molar-refractivity contribution in [3.05, 3.63) is 29.8 Å². The van der Waals surface area contributed by atoms with E-state index < -0.39 is 10.0 Å². The van der Waals surface area contributed by atoms with Crippen molar-refractivity contribution in [1.29, 1.82) is 0 Å². The van der Waals surface area contributed by atoms with Gasteiger partial charge in [-0.15, -0.1) is 0 Å². The van der Waals surface area contributed by atoms with E-state index >= 15 is 0 Å². The summed E-state index contributed by atoms with van der Waals surface area (Å²) in [5.74, 6) is -0.202. The normalized spacial score (nSPS) is 11.6. The van der Waals surface area contributed by atoms with Crippen LogP contribution in [-0.2, 0) is 26.1 Å². The molecule has 6 nitrogen and oxygen atoms in total. The van der Waals surface area contributed by atoms with Crippen LogP contribution in [0.25, 0.3) is 0 Å². The lowest BCUT2D eigenvalue weighted by Crippen LogP contribution is -2.27. The highest BCUT2D eigenvalue weighted by Crippen LogP contribution is 2.11. The molecule has 0 unspecified atom stereocenters. The topological polar surface area (TPSA) is 84.5 Å². The Morgan fingerprint density at radius 1 is 1.24 bits per heavy atom. The Morgan fingerprint density at radius 2 is 1.86 bits per heavy atom. The monoisotopic (exact) mass is 314 g/mol. The largest absolute Gasteiger partial charge is 0.384 e. The number of carbonyl (C=O) groups is 1. The van der Waals surface area contributed by atoms with E-state index in [-0.39, 0.29) is 30.7 Å². The summed E-state index contributed by atoms with van der Waals surface area (Å²) in [7, 11) is -1.87. The molecule has 0 saturated heterocycles.